The minimum atomic E-state index is -1.72. The van der Waals surface area contributed by atoms with Crippen molar-refractivity contribution >= 4 is 23.5 Å². The monoisotopic (exact) mass is 439 g/mol. The molecular weight excluding hydrogens is 416 g/mol. The van der Waals surface area contributed by atoms with Gasteiger partial charge in [-0.2, -0.15) is 4.48 Å². The summed E-state index contributed by atoms with van der Waals surface area (Å²) >= 11 is 5.72. The first-order chi connectivity index (χ1) is 13.7. The van der Waals surface area contributed by atoms with Crippen LogP contribution in [0.25, 0.3) is 0 Å². The maximum Gasteiger partial charge on any atom is 0.432 e. The number of nitrogens with one attached hydrogen (secondary N) is 1. The van der Waals surface area contributed by atoms with E-state index < -0.39 is 78.7 Å². The molecule has 164 valence electrons. The molecule has 3 rings (SSSR count). The highest BCUT2D eigenvalue weighted by molar-refractivity contribution is 6.18. The molecule has 0 bridgehead atoms. The van der Waals surface area contributed by atoms with Crippen LogP contribution in [-0.4, -0.2) is 115 Å². The summed E-state index contributed by atoms with van der Waals surface area (Å²) in [7, 11) is 0. The Labute approximate surface area is 170 Å². The summed E-state index contributed by atoms with van der Waals surface area (Å²) in [5.41, 5.74) is 0.0232. The van der Waals surface area contributed by atoms with Crippen LogP contribution in [0.4, 0.5) is 4.79 Å². The molecule has 0 aliphatic carbocycles. The van der Waals surface area contributed by atoms with Crippen molar-refractivity contribution in [1.29, 1.82) is 0 Å². The van der Waals surface area contributed by atoms with Crippen molar-refractivity contribution in [3.05, 3.63) is 11.8 Å². The Hall–Kier alpha value is -1.19. The zero-order valence-corrected chi connectivity index (χ0v) is 15.9. The van der Waals surface area contributed by atoms with Gasteiger partial charge in [-0.25, -0.2) is 10.1 Å². The minimum Gasteiger partial charge on any atom is -0.394 e. The summed E-state index contributed by atoms with van der Waals surface area (Å²) < 4.78 is 9.86. The van der Waals surface area contributed by atoms with Crippen molar-refractivity contribution in [3.8, 4) is 0 Å². The van der Waals surface area contributed by atoms with Crippen LogP contribution in [0, 0.1) is 0 Å². The fraction of sp³-hybridized carbons (Fsp3) is 0.750. The van der Waals surface area contributed by atoms with Crippen molar-refractivity contribution in [1.82, 2.24) is 5.32 Å². The van der Waals surface area contributed by atoms with Gasteiger partial charge in [0.05, 0.1) is 18.8 Å². The first kappa shape index (κ1) is 22.5. The summed E-state index contributed by atoms with van der Waals surface area (Å²) in [6.45, 7) is -1.35. The van der Waals surface area contributed by atoms with E-state index in [1.807, 2.05) is 0 Å². The predicted octanol–water partition coefficient (Wildman–Crippen LogP) is -3.56. The number of aliphatic hydroxyl groups is 6. The number of imide groups is 1. The largest absolute Gasteiger partial charge is 0.432 e. The first-order valence-electron chi connectivity index (χ1n) is 8.99. The lowest BCUT2D eigenvalue weighted by atomic mass is 10.0. The number of nitrogens with zero attached hydrogens (tertiary/aromatic N) is 1. The van der Waals surface area contributed by atoms with Gasteiger partial charge in [-0.15, -0.1) is 11.6 Å². The van der Waals surface area contributed by atoms with Gasteiger partial charge >= 0.3 is 6.03 Å². The highest BCUT2D eigenvalue weighted by Gasteiger charge is 2.67. The molecule has 0 saturated carbocycles. The lowest BCUT2D eigenvalue weighted by molar-refractivity contribution is -0.904. The van der Waals surface area contributed by atoms with E-state index in [1.165, 1.54) is 0 Å². The molecule has 0 unspecified atom stereocenters. The number of aliphatic hydroxyl groups excluding tert-OH is 6. The van der Waals surface area contributed by atoms with E-state index in [4.69, 9.17) is 21.1 Å². The van der Waals surface area contributed by atoms with Crippen LogP contribution in [-0.2, 0) is 14.3 Å². The molecule has 0 aromatic carbocycles. The van der Waals surface area contributed by atoms with E-state index in [1.54, 1.807) is 0 Å². The van der Waals surface area contributed by atoms with Gasteiger partial charge in [-0.1, -0.05) is 0 Å². The van der Waals surface area contributed by atoms with Gasteiger partial charge < -0.3 is 40.1 Å². The first-order valence-corrected chi connectivity index (χ1v) is 9.53. The third-order valence-corrected chi connectivity index (χ3v) is 5.66. The molecule has 3 amide bonds. The molecule has 3 aliphatic rings. The fourth-order valence-electron chi connectivity index (χ4n) is 3.92. The van der Waals surface area contributed by atoms with E-state index in [0.717, 1.165) is 6.20 Å². The van der Waals surface area contributed by atoms with E-state index in [9.17, 15) is 40.2 Å². The molecule has 0 aromatic heterocycles. The second-order valence-corrected chi connectivity index (χ2v) is 7.52. The SMILES string of the molecule is O=C1NC(=O)[N+]([C@@H]2O[C@H](CO)[C@@H](O)[C@H]2O)([C@@H]2O[C@H](CO)[C@@H](O)[C@H]2O)C=C1CCCl. The van der Waals surface area contributed by atoms with Gasteiger partial charge in [0.1, 0.15) is 30.6 Å². The number of hydrogen-bond acceptors (Lipinski definition) is 10. The van der Waals surface area contributed by atoms with Crippen molar-refractivity contribution < 1.29 is 54.2 Å². The molecular formula is C16H24ClN2O10+. The van der Waals surface area contributed by atoms with Gasteiger partial charge in [0.2, 0.25) is 12.5 Å². The second kappa shape index (κ2) is 8.51. The number of ether oxygens (including phenoxy) is 2. The third kappa shape index (κ3) is 3.49. The summed E-state index contributed by atoms with van der Waals surface area (Å²) in [6.07, 6.45) is -11.2. The highest BCUT2D eigenvalue weighted by Crippen LogP contribution is 2.40. The smallest absolute Gasteiger partial charge is 0.394 e. The maximum atomic E-state index is 13.0. The molecule has 0 spiro atoms. The normalized spacial score (nSPS) is 42.1. The number of alkyl halides is 1. The zero-order valence-electron chi connectivity index (χ0n) is 15.2. The number of halogens is 1. The Morgan fingerprint density at radius 1 is 0.931 bits per heavy atom. The van der Waals surface area contributed by atoms with Crippen LogP contribution in [0.3, 0.4) is 0 Å². The molecule has 2 saturated heterocycles. The zero-order chi connectivity index (χ0) is 21.5. The van der Waals surface area contributed by atoms with E-state index >= 15 is 0 Å². The molecule has 3 heterocycles. The number of carbonyl (C=O) groups excluding carboxylic acids is 2. The molecule has 7 N–H and O–H groups in total. The van der Waals surface area contributed by atoms with Gasteiger partial charge in [-0.05, 0) is 6.42 Å². The second-order valence-electron chi connectivity index (χ2n) is 7.14. The molecule has 29 heavy (non-hydrogen) atoms. The van der Waals surface area contributed by atoms with Gasteiger partial charge in [0, 0.05) is 5.88 Å². The Kier molecular flexibility index (Phi) is 6.60. The molecule has 12 nitrogen and oxygen atoms in total. The molecule has 0 aromatic rings. The maximum absolute atomic E-state index is 13.0. The third-order valence-electron chi connectivity index (χ3n) is 5.47. The van der Waals surface area contributed by atoms with Crippen molar-refractivity contribution in [2.75, 3.05) is 19.1 Å². The number of rotatable bonds is 6. The summed E-state index contributed by atoms with van der Waals surface area (Å²) in [5, 5.41) is 62.3. The van der Waals surface area contributed by atoms with Crippen molar-refractivity contribution in [3.63, 3.8) is 0 Å². The highest BCUT2D eigenvalue weighted by atomic mass is 35.5. The minimum absolute atomic E-state index is 0.0133. The van der Waals surface area contributed by atoms with Crippen LogP contribution in [0.5, 0.6) is 0 Å². The summed E-state index contributed by atoms with van der Waals surface area (Å²) in [6, 6.07) is -1.06. The van der Waals surface area contributed by atoms with Crippen LogP contribution in [0.2, 0.25) is 0 Å². The molecule has 0 radical (unpaired) electrons. The number of urea groups is 1. The molecule has 3 aliphatic heterocycles. The van der Waals surface area contributed by atoms with Crippen molar-refractivity contribution in [2.24, 2.45) is 0 Å². The Morgan fingerprint density at radius 3 is 1.79 bits per heavy atom. The van der Waals surface area contributed by atoms with Crippen LogP contribution >= 0.6 is 11.6 Å². The van der Waals surface area contributed by atoms with Gasteiger partial charge in [-0.3, -0.25) is 4.79 Å². The number of carbonyl (C=O) groups is 2. The molecule has 8 atom stereocenters. The number of hydrogen-bond donors (Lipinski definition) is 7. The topological polar surface area (TPSA) is 186 Å². The van der Waals surface area contributed by atoms with E-state index in [-0.39, 0.29) is 17.9 Å². The molecule has 13 heteroatoms. The summed E-state index contributed by atoms with van der Waals surface area (Å²) in [4.78, 5) is 25.2. The number of amides is 3. The lowest BCUT2D eigenvalue weighted by Crippen LogP contribution is -2.72. The fourth-order valence-corrected chi connectivity index (χ4v) is 4.12. The lowest BCUT2D eigenvalue weighted by Gasteiger charge is -2.43. The Balaban J connectivity index is 2.15. The number of quaternary nitrogens is 1. The predicted molar refractivity (Wildman–Crippen MR) is 92.7 cm³/mol. The van der Waals surface area contributed by atoms with Crippen LogP contribution in [0.1, 0.15) is 6.42 Å². The average molecular weight is 440 g/mol. The Morgan fingerprint density at radius 2 is 1.41 bits per heavy atom. The quantitative estimate of drug-likeness (QED) is 0.161. The van der Waals surface area contributed by atoms with Gasteiger partial charge in [0.25, 0.3) is 5.91 Å². The molecule has 2 fully saturated rings. The Bertz CT molecular complexity index is 661. The van der Waals surface area contributed by atoms with Crippen molar-refractivity contribution in [2.45, 2.75) is 55.5 Å². The average Bonchev–Trinajstić information content (AvgIpc) is 3.15. The standard InChI is InChI=1S/C16H23ClN2O10/c17-2-1-6-3-19(16(27)18-13(6)26,14-11(24)9(22)7(4-20)28-14)15-12(25)10(23)8(5-21)29-15/h3,7-12,14-15,20-25H,1-2,4-5H2/p+1/t7-,8-,9-,10-,11-,12-,14-,15-/m1/s1. The van der Waals surface area contributed by atoms with E-state index in [2.05, 4.69) is 5.32 Å². The van der Waals surface area contributed by atoms with Gasteiger partial charge in [0.15, 0.2) is 12.2 Å². The van der Waals surface area contributed by atoms with E-state index in [0.29, 0.717) is 0 Å². The van der Waals surface area contributed by atoms with Crippen LogP contribution in [0.15, 0.2) is 11.8 Å². The van der Waals surface area contributed by atoms with Crippen LogP contribution < -0.4 is 5.32 Å². The summed E-state index contributed by atoms with van der Waals surface area (Å²) in [5.74, 6) is -0.734.